The van der Waals surface area contributed by atoms with Crippen molar-refractivity contribution in [1.82, 2.24) is 15.2 Å². The average Bonchev–Trinajstić information content (AvgIpc) is 3.34. The number of aromatic nitrogens is 1. The first-order valence-corrected chi connectivity index (χ1v) is 12.6. The summed E-state index contributed by atoms with van der Waals surface area (Å²) in [6.45, 7) is 1.58. The number of carbonyl (C=O) groups excluding carboxylic acids is 1. The van der Waals surface area contributed by atoms with Crippen molar-refractivity contribution in [3.63, 3.8) is 0 Å². The molecule has 0 radical (unpaired) electrons. The lowest BCUT2D eigenvalue weighted by atomic mass is 9.98. The fraction of sp³-hybridized carbons (Fsp3) is 0.320. The van der Waals surface area contributed by atoms with Gasteiger partial charge in [0.1, 0.15) is 17.3 Å². The van der Waals surface area contributed by atoms with Crippen LogP contribution in [0.2, 0.25) is 0 Å². The summed E-state index contributed by atoms with van der Waals surface area (Å²) in [6, 6.07) is 11.4. The zero-order valence-electron chi connectivity index (χ0n) is 19.6. The number of thiazole rings is 1. The maximum absolute atomic E-state index is 13.8. The first-order valence-electron chi connectivity index (χ1n) is 11.3. The van der Waals surface area contributed by atoms with Crippen LogP contribution in [-0.4, -0.2) is 48.1 Å². The molecule has 4 rings (SSSR count). The van der Waals surface area contributed by atoms with Gasteiger partial charge in [0.25, 0.3) is 5.91 Å². The number of hydrogen-bond donors (Lipinski definition) is 2. The van der Waals surface area contributed by atoms with Crippen molar-refractivity contribution >= 4 is 45.9 Å². The van der Waals surface area contributed by atoms with Gasteiger partial charge in [-0.15, -0.1) is 11.3 Å². The highest BCUT2D eigenvalue weighted by Gasteiger charge is 2.25. The number of benzene rings is 2. The lowest BCUT2D eigenvalue weighted by molar-refractivity contribution is 0.0946. The van der Waals surface area contributed by atoms with E-state index in [-0.39, 0.29) is 23.9 Å². The molecule has 184 valence electrons. The predicted octanol–water partition coefficient (Wildman–Crippen LogP) is 4.99. The largest absolute Gasteiger partial charge is 0.378 e. The Morgan fingerprint density at radius 1 is 1.17 bits per heavy atom. The Hall–Kier alpha value is -3.11. The van der Waals surface area contributed by atoms with E-state index in [9.17, 15) is 13.6 Å². The van der Waals surface area contributed by atoms with Gasteiger partial charge in [0, 0.05) is 68.0 Å². The van der Waals surface area contributed by atoms with Crippen LogP contribution in [0.25, 0.3) is 0 Å². The number of thiocarbonyl (C=S) groups is 1. The summed E-state index contributed by atoms with van der Waals surface area (Å²) in [6.07, 6.45) is 1.77. The molecular weight excluding hydrogens is 488 g/mol. The van der Waals surface area contributed by atoms with Crippen molar-refractivity contribution in [2.24, 2.45) is 0 Å². The number of piperidine rings is 1. The quantitative estimate of drug-likeness (QED) is 0.451. The fourth-order valence-corrected chi connectivity index (χ4v) is 5.16. The minimum absolute atomic E-state index is 0.0293. The Labute approximate surface area is 213 Å². The van der Waals surface area contributed by atoms with E-state index < -0.39 is 11.6 Å². The molecule has 1 aliphatic heterocycles. The SMILES string of the molecule is CN(C)c1ccc(NC(=S)N2CCC(c3nc(C(=O)NCc4ccc(F)cc4F)cs3)CC2)cc1. The Morgan fingerprint density at radius 2 is 1.89 bits per heavy atom. The maximum Gasteiger partial charge on any atom is 0.271 e. The molecule has 0 bridgehead atoms. The van der Waals surface area contributed by atoms with Crippen molar-refractivity contribution < 1.29 is 13.6 Å². The van der Waals surface area contributed by atoms with Gasteiger partial charge < -0.3 is 20.4 Å². The molecule has 1 aliphatic rings. The highest BCUT2D eigenvalue weighted by atomic mass is 32.1. The van der Waals surface area contributed by atoms with Crippen LogP contribution in [0.3, 0.4) is 0 Å². The van der Waals surface area contributed by atoms with E-state index in [2.05, 4.69) is 20.5 Å². The van der Waals surface area contributed by atoms with Crippen LogP contribution >= 0.6 is 23.6 Å². The molecule has 0 saturated carbocycles. The first kappa shape index (κ1) is 25.0. The molecule has 2 aromatic carbocycles. The Balaban J connectivity index is 1.27. The van der Waals surface area contributed by atoms with Gasteiger partial charge in [-0.25, -0.2) is 13.8 Å². The maximum atomic E-state index is 13.8. The van der Waals surface area contributed by atoms with Gasteiger partial charge in [-0.2, -0.15) is 0 Å². The number of hydrogen-bond acceptors (Lipinski definition) is 5. The summed E-state index contributed by atoms with van der Waals surface area (Å²) in [5, 5.41) is 9.31. The molecule has 2 N–H and O–H groups in total. The van der Waals surface area contributed by atoms with Gasteiger partial charge in [-0.3, -0.25) is 4.79 Å². The van der Waals surface area contributed by atoms with Gasteiger partial charge in [0.2, 0.25) is 0 Å². The monoisotopic (exact) mass is 515 g/mol. The van der Waals surface area contributed by atoms with E-state index in [0.29, 0.717) is 10.8 Å². The fourth-order valence-electron chi connectivity index (χ4n) is 3.89. The minimum Gasteiger partial charge on any atom is -0.378 e. The van der Waals surface area contributed by atoms with E-state index in [1.165, 1.54) is 23.5 Å². The van der Waals surface area contributed by atoms with Gasteiger partial charge in [-0.05, 0) is 55.4 Å². The van der Waals surface area contributed by atoms with Crippen LogP contribution in [0.5, 0.6) is 0 Å². The topological polar surface area (TPSA) is 60.5 Å². The van der Waals surface area contributed by atoms with Crippen LogP contribution < -0.4 is 15.5 Å². The second kappa shape index (κ2) is 11.1. The number of nitrogens with one attached hydrogen (secondary N) is 2. The van der Waals surface area contributed by atoms with Crippen LogP contribution in [-0.2, 0) is 6.54 Å². The number of amides is 1. The molecule has 35 heavy (non-hydrogen) atoms. The molecular formula is C25H27F2N5OS2. The van der Waals surface area contributed by atoms with Crippen molar-refractivity contribution in [2.45, 2.75) is 25.3 Å². The third-order valence-corrected chi connectivity index (χ3v) is 7.34. The van der Waals surface area contributed by atoms with Crippen LogP contribution in [0.4, 0.5) is 20.2 Å². The predicted molar refractivity (Wildman–Crippen MR) is 140 cm³/mol. The molecule has 1 saturated heterocycles. The van der Waals surface area contributed by atoms with Crippen LogP contribution in [0.1, 0.15) is 39.8 Å². The van der Waals surface area contributed by atoms with E-state index in [1.54, 1.807) is 5.38 Å². The van der Waals surface area contributed by atoms with Gasteiger partial charge in [0.15, 0.2) is 5.11 Å². The van der Waals surface area contributed by atoms with Crippen molar-refractivity contribution in [2.75, 3.05) is 37.4 Å². The Kier molecular flexibility index (Phi) is 7.92. The Bertz CT molecular complexity index is 1190. The average molecular weight is 516 g/mol. The molecule has 6 nitrogen and oxygen atoms in total. The van der Waals surface area contributed by atoms with Crippen molar-refractivity contribution in [1.29, 1.82) is 0 Å². The summed E-state index contributed by atoms with van der Waals surface area (Å²) >= 11 is 7.07. The molecule has 10 heteroatoms. The zero-order chi connectivity index (χ0) is 24.9. The number of nitrogens with zero attached hydrogens (tertiary/aromatic N) is 3. The number of halogens is 2. The van der Waals surface area contributed by atoms with Gasteiger partial charge >= 0.3 is 0 Å². The molecule has 1 amide bonds. The smallest absolute Gasteiger partial charge is 0.271 e. The lowest BCUT2D eigenvalue weighted by Crippen LogP contribution is -2.40. The van der Waals surface area contributed by atoms with Crippen molar-refractivity contribution in [3.8, 4) is 0 Å². The second-order valence-electron chi connectivity index (χ2n) is 8.62. The summed E-state index contributed by atoms with van der Waals surface area (Å²) in [5.41, 5.74) is 2.62. The molecule has 0 spiro atoms. The normalized spacial score (nSPS) is 14.0. The highest BCUT2D eigenvalue weighted by molar-refractivity contribution is 7.80. The molecule has 3 aromatic rings. The molecule has 0 unspecified atom stereocenters. The van der Waals surface area contributed by atoms with Crippen molar-refractivity contribution in [3.05, 3.63) is 75.7 Å². The zero-order valence-corrected chi connectivity index (χ0v) is 21.2. The number of rotatable bonds is 6. The third kappa shape index (κ3) is 6.32. The summed E-state index contributed by atoms with van der Waals surface area (Å²) in [5.74, 6) is -1.45. The number of carbonyl (C=O) groups is 1. The molecule has 2 heterocycles. The van der Waals surface area contributed by atoms with E-state index in [4.69, 9.17) is 12.2 Å². The van der Waals surface area contributed by atoms with E-state index >= 15 is 0 Å². The number of anilines is 2. The molecule has 0 atom stereocenters. The summed E-state index contributed by atoms with van der Waals surface area (Å²) in [4.78, 5) is 21.2. The number of likely N-dealkylation sites (tertiary alicyclic amines) is 1. The standard InChI is InChI=1S/C25H27F2N5OS2/c1-31(2)20-7-5-19(6-8-20)29-25(34)32-11-9-16(10-12-32)24-30-22(15-35-24)23(33)28-14-17-3-4-18(26)13-21(17)27/h3-8,13,15-16H,9-12,14H2,1-2H3,(H,28,33)(H,29,34). The summed E-state index contributed by atoms with van der Waals surface area (Å²) in [7, 11) is 4.01. The first-order chi connectivity index (χ1) is 16.8. The second-order valence-corrected chi connectivity index (χ2v) is 9.90. The molecule has 1 fully saturated rings. The van der Waals surface area contributed by atoms with E-state index in [0.717, 1.165) is 48.4 Å². The lowest BCUT2D eigenvalue weighted by Gasteiger charge is -2.33. The Morgan fingerprint density at radius 3 is 2.54 bits per heavy atom. The summed E-state index contributed by atoms with van der Waals surface area (Å²) < 4.78 is 26.8. The molecule has 0 aliphatic carbocycles. The van der Waals surface area contributed by atoms with Gasteiger partial charge in [0.05, 0.1) is 5.01 Å². The van der Waals surface area contributed by atoms with Crippen LogP contribution in [0, 0.1) is 11.6 Å². The highest BCUT2D eigenvalue weighted by Crippen LogP contribution is 2.30. The van der Waals surface area contributed by atoms with Gasteiger partial charge in [-0.1, -0.05) is 6.07 Å². The molecule has 1 aromatic heterocycles. The van der Waals surface area contributed by atoms with Crippen LogP contribution in [0.15, 0.2) is 47.8 Å². The third-order valence-electron chi connectivity index (χ3n) is 5.98. The van der Waals surface area contributed by atoms with E-state index in [1.807, 2.05) is 43.3 Å². The minimum atomic E-state index is -0.686.